The maximum atomic E-state index is 11.6. The normalized spacial score (nSPS) is 18.3. The van der Waals surface area contributed by atoms with Crippen LogP contribution in [-0.4, -0.2) is 21.3 Å². The maximum Gasteiger partial charge on any atom is 0.314 e. The molecule has 0 atom stereocenters. The van der Waals surface area contributed by atoms with Crippen LogP contribution in [0, 0.1) is 0 Å². The van der Waals surface area contributed by atoms with Crippen LogP contribution in [0.4, 0.5) is 0 Å². The largest absolute Gasteiger partial charge is 0.481 e. The molecule has 4 nitrogen and oxygen atoms in total. The number of carboxylic acid groups (broad SMARTS) is 1. The van der Waals surface area contributed by atoms with E-state index in [-0.39, 0.29) is 0 Å². The Labute approximate surface area is 109 Å². The van der Waals surface area contributed by atoms with Gasteiger partial charge in [0.15, 0.2) is 0 Å². The van der Waals surface area contributed by atoms with Crippen LogP contribution in [0.3, 0.4) is 0 Å². The molecule has 2 N–H and O–H groups in total. The molecular formula is C13H13ClN2O2. The zero-order valence-electron chi connectivity index (χ0n) is 9.74. The van der Waals surface area contributed by atoms with Gasteiger partial charge in [-0.25, -0.2) is 0 Å². The molecule has 0 bridgehead atoms. The van der Waals surface area contributed by atoms with Gasteiger partial charge in [0, 0.05) is 5.39 Å². The van der Waals surface area contributed by atoms with Gasteiger partial charge in [-0.3, -0.25) is 9.89 Å². The highest BCUT2D eigenvalue weighted by Crippen LogP contribution is 2.42. The Morgan fingerprint density at radius 2 is 2.11 bits per heavy atom. The Kier molecular flexibility index (Phi) is 2.55. The summed E-state index contributed by atoms with van der Waals surface area (Å²) in [4.78, 5) is 11.6. The van der Waals surface area contributed by atoms with Crippen molar-refractivity contribution in [3.05, 3.63) is 28.9 Å². The van der Waals surface area contributed by atoms with Gasteiger partial charge in [-0.1, -0.05) is 30.5 Å². The monoisotopic (exact) mass is 264 g/mol. The van der Waals surface area contributed by atoms with Crippen LogP contribution in [0.1, 0.15) is 31.2 Å². The number of carbonyl (C=O) groups is 1. The van der Waals surface area contributed by atoms with Gasteiger partial charge in [-0.15, -0.1) is 0 Å². The number of nitrogens with one attached hydrogen (secondary N) is 1. The lowest BCUT2D eigenvalue weighted by Gasteiger charge is -2.24. The van der Waals surface area contributed by atoms with E-state index in [0.717, 1.165) is 29.3 Å². The van der Waals surface area contributed by atoms with Crippen LogP contribution in [0.2, 0.25) is 5.15 Å². The van der Waals surface area contributed by atoms with Crippen LogP contribution in [0.15, 0.2) is 18.2 Å². The molecule has 1 fully saturated rings. The number of carboxylic acids is 1. The van der Waals surface area contributed by atoms with E-state index >= 15 is 0 Å². The summed E-state index contributed by atoms with van der Waals surface area (Å²) in [5.74, 6) is -0.735. The minimum atomic E-state index is -0.736. The third-order valence-electron chi connectivity index (χ3n) is 3.93. The summed E-state index contributed by atoms with van der Waals surface area (Å²) in [6, 6.07) is 5.56. The van der Waals surface area contributed by atoms with Gasteiger partial charge in [0.25, 0.3) is 0 Å². The minimum absolute atomic E-state index is 0.493. The van der Waals surface area contributed by atoms with E-state index in [9.17, 15) is 9.90 Å². The van der Waals surface area contributed by atoms with Gasteiger partial charge in [-0.2, -0.15) is 5.10 Å². The first kappa shape index (κ1) is 11.5. The molecule has 0 saturated heterocycles. The molecule has 1 aromatic heterocycles. The van der Waals surface area contributed by atoms with E-state index in [1.165, 1.54) is 0 Å². The molecule has 3 rings (SSSR count). The number of fused-ring (bicyclic) bond motifs is 1. The van der Waals surface area contributed by atoms with Crippen molar-refractivity contribution in [1.29, 1.82) is 0 Å². The Morgan fingerprint density at radius 1 is 1.39 bits per heavy atom. The predicted molar refractivity (Wildman–Crippen MR) is 68.9 cm³/mol. The number of benzene rings is 1. The molecule has 1 heterocycles. The first-order valence-corrected chi connectivity index (χ1v) is 6.39. The molecule has 1 saturated carbocycles. The minimum Gasteiger partial charge on any atom is -0.481 e. The van der Waals surface area contributed by atoms with Crippen molar-refractivity contribution in [2.45, 2.75) is 31.1 Å². The van der Waals surface area contributed by atoms with Crippen LogP contribution in [-0.2, 0) is 10.2 Å². The van der Waals surface area contributed by atoms with Crippen molar-refractivity contribution in [2.24, 2.45) is 0 Å². The summed E-state index contributed by atoms with van der Waals surface area (Å²) in [7, 11) is 0. The molecule has 1 aromatic carbocycles. The molecule has 0 unspecified atom stereocenters. The first-order valence-electron chi connectivity index (χ1n) is 6.01. The zero-order chi connectivity index (χ0) is 12.8. The Morgan fingerprint density at radius 3 is 2.78 bits per heavy atom. The van der Waals surface area contributed by atoms with E-state index in [4.69, 9.17) is 11.6 Å². The molecule has 18 heavy (non-hydrogen) atoms. The molecule has 5 heteroatoms. The fourth-order valence-electron chi connectivity index (χ4n) is 2.88. The fourth-order valence-corrected chi connectivity index (χ4v) is 3.08. The van der Waals surface area contributed by atoms with Gasteiger partial charge in [0.2, 0.25) is 0 Å². The third kappa shape index (κ3) is 1.52. The van der Waals surface area contributed by atoms with Crippen LogP contribution in [0.25, 0.3) is 10.9 Å². The Hall–Kier alpha value is -1.55. The molecule has 0 amide bonds. The van der Waals surface area contributed by atoms with Gasteiger partial charge < -0.3 is 5.11 Å². The number of hydrogen-bond acceptors (Lipinski definition) is 2. The summed E-state index contributed by atoms with van der Waals surface area (Å²) >= 11 is 5.95. The Balaban J connectivity index is 2.15. The third-order valence-corrected chi connectivity index (χ3v) is 4.22. The van der Waals surface area contributed by atoms with Crippen molar-refractivity contribution in [3.63, 3.8) is 0 Å². The van der Waals surface area contributed by atoms with Crippen LogP contribution < -0.4 is 0 Å². The number of aromatic nitrogens is 2. The lowest BCUT2D eigenvalue weighted by Crippen LogP contribution is -2.32. The van der Waals surface area contributed by atoms with Crippen molar-refractivity contribution in [2.75, 3.05) is 0 Å². The van der Waals surface area contributed by atoms with Crippen LogP contribution in [0.5, 0.6) is 0 Å². The molecule has 1 aliphatic carbocycles. The number of nitrogens with zero attached hydrogens (tertiary/aromatic N) is 1. The quantitative estimate of drug-likeness (QED) is 0.876. The molecule has 0 spiro atoms. The average Bonchev–Trinajstić information content (AvgIpc) is 2.97. The standard InChI is InChI=1S/C13H13ClN2O2/c14-11-9-4-3-8(7-10(9)15-16-11)13(12(17)18)5-1-2-6-13/h3-4,7H,1-2,5-6H2,(H,15,16)(H,17,18). The second kappa shape index (κ2) is 3.99. The number of H-pyrrole nitrogens is 1. The predicted octanol–water partition coefficient (Wildman–Crippen LogP) is 3.11. The molecule has 0 radical (unpaired) electrons. The second-order valence-electron chi connectivity index (χ2n) is 4.86. The van der Waals surface area contributed by atoms with E-state index in [1.54, 1.807) is 0 Å². The molecule has 94 valence electrons. The summed E-state index contributed by atoms with van der Waals surface area (Å²) in [5.41, 5.74) is 0.827. The van der Waals surface area contributed by atoms with E-state index in [2.05, 4.69) is 10.2 Å². The maximum absolute atomic E-state index is 11.6. The lowest BCUT2D eigenvalue weighted by atomic mass is 9.79. The molecule has 1 aliphatic rings. The van der Waals surface area contributed by atoms with E-state index in [0.29, 0.717) is 18.0 Å². The lowest BCUT2D eigenvalue weighted by molar-refractivity contribution is -0.143. The zero-order valence-corrected chi connectivity index (χ0v) is 10.5. The number of rotatable bonds is 2. The van der Waals surface area contributed by atoms with Crippen molar-refractivity contribution >= 4 is 28.5 Å². The molecule has 0 aliphatic heterocycles. The summed E-state index contributed by atoms with van der Waals surface area (Å²) in [6.45, 7) is 0. The second-order valence-corrected chi connectivity index (χ2v) is 5.24. The highest BCUT2D eigenvalue weighted by molar-refractivity contribution is 6.34. The SMILES string of the molecule is O=C(O)C1(c2ccc3c(Cl)[nH]nc3c2)CCCC1. The molecule has 2 aromatic rings. The summed E-state index contributed by atoms with van der Waals surface area (Å²) < 4.78 is 0. The van der Waals surface area contributed by atoms with Crippen molar-refractivity contribution in [3.8, 4) is 0 Å². The average molecular weight is 265 g/mol. The van der Waals surface area contributed by atoms with Crippen molar-refractivity contribution < 1.29 is 9.90 Å². The molecular weight excluding hydrogens is 252 g/mol. The van der Waals surface area contributed by atoms with Gasteiger partial charge in [0.1, 0.15) is 5.15 Å². The summed E-state index contributed by atoms with van der Waals surface area (Å²) in [6.07, 6.45) is 3.33. The Bertz CT molecular complexity index is 614. The van der Waals surface area contributed by atoms with Crippen molar-refractivity contribution in [1.82, 2.24) is 10.2 Å². The fraction of sp³-hybridized carbons (Fsp3) is 0.385. The van der Waals surface area contributed by atoms with Gasteiger partial charge >= 0.3 is 5.97 Å². The van der Waals surface area contributed by atoms with Gasteiger partial charge in [-0.05, 0) is 30.5 Å². The first-order chi connectivity index (χ1) is 8.63. The number of aliphatic carboxylic acids is 1. The topological polar surface area (TPSA) is 66.0 Å². The highest BCUT2D eigenvalue weighted by atomic mass is 35.5. The number of halogens is 1. The highest BCUT2D eigenvalue weighted by Gasteiger charge is 2.43. The number of aromatic amines is 1. The van der Waals surface area contributed by atoms with Gasteiger partial charge in [0.05, 0.1) is 10.9 Å². The van der Waals surface area contributed by atoms with Crippen LogP contribution >= 0.6 is 11.6 Å². The van der Waals surface area contributed by atoms with E-state index < -0.39 is 11.4 Å². The van der Waals surface area contributed by atoms with E-state index in [1.807, 2.05) is 18.2 Å². The smallest absolute Gasteiger partial charge is 0.314 e. The summed E-state index contributed by atoms with van der Waals surface area (Å²) in [5, 5.41) is 17.7. The number of hydrogen-bond donors (Lipinski definition) is 2.